The van der Waals surface area contributed by atoms with E-state index in [0.29, 0.717) is 11.7 Å². The van der Waals surface area contributed by atoms with Crippen molar-refractivity contribution in [3.05, 3.63) is 30.6 Å². The van der Waals surface area contributed by atoms with Crippen molar-refractivity contribution in [1.82, 2.24) is 14.8 Å². The lowest BCUT2D eigenvalue weighted by Gasteiger charge is -2.29. The van der Waals surface area contributed by atoms with Crippen LogP contribution in [0.25, 0.3) is 0 Å². The molecule has 29 heavy (non-hydrogen) atoms. The molecule has 0 atom stereocenters. The summed E-state index contributed by atoms with van der Waals surface area (Å²) in [7, 11) is 4.85. The molecule has 0 N–H and O–H groups in total. The van der Waals surface area contributed by atoms with Crippen molar-refractivity contribution in [3.8, 4) is 5.75 Å². The zero-order chi connectivity index (χ0) is 21.2. The van der Waals surface area contributed by atoms with Crippen LogP contribution in [0.5, 0.6) is 5.75 Å². The van der Waals surface area contributed by atoms with Crippen molar-refractivity contribution in [2.75, 3.05) is 21.1 Å². The first-order valence-corrected chi connectivity index (χ1v) is 9.40. The number of hydrogen-bond donors (Lipinski definition) is 0. The van der Waals surface area contributed by atoms with E-state index in [2.05, 4.69) is 19.6 Å². The summed E-state index contributed by atoms with van der Waals surface area (Å²) in [6.07, 6.45) is 11.5. The van der Waals surface area contributed by atoms with Gasteiger partial charge in [-0.2, -0.15) is 0 Å². The first kappa shape index (κ1) is 22.1. The fourth-order valence-corrected chi connectivity index (χ4v) is 2.78. The highest BCUT2D eigenvalue weighted by atomic mass is 16.6. The minimum absolute atomic E-state index is 0.160. The number of esters is 2. The molecule has 1 aliphatic rings. The summed E-state index contributed by atoms with van der Waals surface area (Å²) in [5, 5.41) is 0. The Morgan fingerprint density at radius 2 is 1.79 bits per heavy atom. The van der Waals surface area contributed by atoms with Gasteiger partial charge in [0.2, 0.25) is 0 Å². The Morgan fingerprint density at radius 1 is 1.10 bits per heavy atom. The number of rotatable bonds is 6. The van der Waals surface area contributed by atoms with E-state index < -0.39 is 18.0 Å². The number of amides is 1. The number of carbonyl (C=O) groups is 3. The normalized spacial score (nSPS) is 14.7. The Labute approximate surface area is 170 Å². The molecule has 1 aliphatic carbocycles. The second-order valence-corrected chi connectivity index (χ2v) is 6.88. The molecule has 156 valence electrons. The van der Waals surface area contributed by atoms with Crippen LogP contribution >= 0.6 is 0 Å². The molecule has 1 aromatic rings. The summed E-state index contributed by atoms with van der Waals surface area (Å²) in [6.45, 7) is 0. The van der Waals surface area contributed by atoms with Gasteiger partial charge < -0.3 is 19.3 Å². The Kier molecular flexibility index (Phi) is 8.32. The molecule has 1 saturated carbocycles. The third kappa shape index (κ3) is 7.36. The van der Waals surface area contributed by atoms with E-state index in [9.17, 15) is 14.4 Å². The van der Waals surface area contributed by atoms with E-state index >= 15 is 0 Å². The fraction of sp³-hybridized carbons (Fsp3) is 0.450. The highest BCUT2D eigenvalue weighted by Crippen LogP contribution is 2.26. The topological polar surface area (TPSA) is 101 Å². The third-order valence-corrected chi connectivity index (χ3v) is 4.41. The van der Waals surface area contributed by atoms with Crippen LogP contribution in [0, 0.1) is 0 Å². The van der Waals surface area contributed by atoms with Gasteiger partial charge in [-0.3, -0.25) is 4.98 Å². The number of ether oxygens (including phenoxy) is 2. The molecule has 2 rings (SSSR count). The zero-order valence-electron chi connectivity index (χ0n) is 16.9. The summed E-state index contributed by atoms with van der Waals surface area (Å²) in [6, 6.07) is 2.08. The van der Waals surface area contributed by atoms with Crippen molar-refractivity contribution in [2.45, 2.75) is 38.1 Å². The SMILES string of the molecule is CN(C)C(=O)OC(=O)/C=C\C(=O)Oc1cnccc1N=CN(C)C1CCCCC1. The maximum Gasteiger partial charge on any atom is 0.417 e. The van der Waals surface area contributed by atoms with Gasteiger partial charge >= 0.3 is 18.0 Å². The summed E-state index contributed by atoms with van der Waals surface area (Å²) < 4.78 is 9.67. The van der Waals surface area contributed by atoms with Gasteiger partial charge in [0, 0.05) is 45.5 Å². The van der Waals surface area contributed by atoms with Crippen LogP contribution in [0.3, 0.4) is 0 Å². The lowest BCUT2D eigenvalue weighted by molar-refractivity contribution is -0.134. The molecular formula is C20H26N4O5. The molecule has 1 aromatic heterocycles. The molecule has 9 heteroatoms. The predicted octanol–water partition coefficient (Wildman–Crippen LogP) is 2.69. The molecule has 9 nitrogen and oxygen atoms in total. The monoisotopic (exact) mass is 402 g/mol. The molecule has 0 aromatic carbocycles. The van der Waals surface area contributed by atoms with Crippen LogP contribution in [0.4, 0.5) is 10.5 Å². The van der Waals surface area contributed by atoms with Gasteiger partial charge in [-0.15, -0.1) is 0 Å². The molecule has 1 amide bonds. The van der Waals surface area contributed by atoms with Crippen molar-refractivity contribution in [1.29, 1.82) is 0 Å². The minimum Gasteiger partial charge on any atom is -0.419 e. The first-order chi connectivity index (χ1) is 13.9. The molecule has 1 heterocycles. The number of carbonyl (C=O) groups excluding carboxylic acids is 3. The van der Waals surface area contributed by atoms with Crippen molar-refractivity contribution < 1.29 is 23.9 Å². The van der Waals surface area contributed by atoms with Gasteiger partial charge in [-0.1, -0.05) is 19.3 Å². The molecule has 0 radical (unpaired) electrons. The van der Waals surface area contributed by atoms with Gasteiger partial charge in [0.1, 0.15) is 5.69 Å². The van der Waals surface area contributed by atoms with Crippen molar-refractivity contribution in [3.63, 3.8) is 0 Å². The highest BCUT2D eigenvalue weighted by molar-refractivity contribution is 5.96. The van der Waals surface area contributed by atoms with E-state index in [1.807, 2.05) is 7.05 Å². The predicted molar refractivity (Wildman–Crippen MR) is 107 cm³/mol. The quantitative estimate of drug-likeness (QED) is 0.237. The zero-order valence-corrected chi connectivity index (χ0v) is 16.9. The van der Waals surface area contributed by atoms with Crippen molar-refractivity contribution >= 4 is 30.1 Å². The average molecular weight is 402 g/mol. The Hall–Kier alpha value is -3.23. The molecule has 0 saturated heterocycles. The fourth-order valence-electron chi connectivity index (χ4n) is 2.78. The van der Waals surface area contributed by atoms with Gasteiger partial charge in [-0.25, -0.2) is 19.4 Å². The van der Waals surface area contributed by atoms with Gasteiger partial charge in [0.05, 0.1) is 12.5 Å². The number of aromatic nitrogens is 1. The highest BCUT2D eigenvalue weighted by Gasteiger charge is 2.16. The van der Waals surface area contributed by atoms with E-state index in [0.717, 1.165) is 29.9 Å². The second kappa shape index (κ2) is 10.9. The molecule has 0 bridgehead atoms. The largest absolute Gasteiger partial charge is 0.419 e. The Bertz CT molecular complexity index is 785. The standard InChI is InChI=1S/C20H26N4O5/c1-23(2)20(27)29-19(26)10-9-18(25)28-17-13-21-12-11-16(17)22-14-24(3)15-7-5-4-6-8-15/h9-15H,4-8H2,1-3H3/b10-9-,22-14?. The van der Waals surface area contributed by atoms with Crippen LogP contribution in [0.2, 0.25) is 0 Å². The lowest BCUT2D eigenvalue weighted by Crippen LogP contribution is -2.32. The Morgan fingerprint density at radius 3 is 2.48 bits per heavy atom. The van der Waals surface area contributed by atoms with E-state index in [4.69, 9.17) is 4.74 Å². The number of nitrogens with zero attached hydrogens (tertiary/aromatic N) is 4. The van der Waals surface area contributed by atoms with Gasteiger partial charge in [-0.05, 0) is 18.9 Å². The number of hydrogen-bond acceptors (Lipinski definition) is 7. The van der Waals surface area contributed by atoms with Crippen LogP contribution < -0.4 is 4.74 Å². The molecule has 0 aliphatic heterocycles. The molecule has 0 unspecified atom stereocenters. The van der Waals surface area contributed by atoms with Gasteiger partial charge in [0.25, 0.3) is 0 Å². The average Bonchev–Trinajstić information content (AvgIpc) is 2.72. The maximum absolute atomic E-state index is 12.0. The summed E-state index contributed by atoms with van der Waals surface area (Å²) >= 11 is 0. The summed E-state index contributed by atoms with van der Waals surface area (Å²) in [5.41, 5.74) is 0.440. The molecule has 1 fully saturated rings. The summed E-state index contributed by atoms with van der Waals surface area (Å²) in [5.74, 6) is -1.63. The maximum atomic E-state index is 12.0. The second-order valence-electron chi connectivity index (χ2n) is 6.88. The first-order valence-electron chi connectivity index (χ1n) is 9.40. The third-order valence-electron chi connectivity index (χ3n) is 4.41. The van der Waals surface area contributed by atoms with Crippen LogP contribution in [-0.2, 0) is 14.3 Å². The van der Waals surface area contributed by atoms with Crippen molar-refractivity contribution in [2.24, 2.45) is 4.99 Å². The number of pyridine rings is 1. The van der Waals surface area contributed by atoms with E-state index in [1.165, 1.54) is 39.6 Å². The molecule has 0 spiro atoms. The smallest absolute Gasteiger partial charge is 0.417 e. The van der Waals surface area contributed by atoms with Crippen LogP contribution in [-0.4, -0.2) is 66.3 Å². The van der Waals surface area contributed by atoms with E-state index in [-0.39, 0.29) is 5.75 Å². The Balaban J connectivity index is 1.96. The van der Waals surface area contributed by atoms with E-state index in [1.54, 1.807) is 18.6 Å². The number of aliphatic imine (C=N–C) groups is 1. The lowest BCUT2D eigenvalue weighted by atomic mass is 9.95. The molecular weight excluding hydrogens is 376 g/mol. The van der Waals surface area contributed by atoms with Crippen LogP contribution in [0.15, 0.2) is 35.6 Å². The van der Waals surface area contributed by atoms with Gasteiger partial charge in [0.15, 0.2) is 5.75 Å². The summed E-state index contributed by atoms with van der Waals surface area (Å²) in [4.78, 5) is 46.3. The minimum atomic E-state index is -0.973. The van der Waals surface area contributed by atoms with Crippen LogP contribution in [0.1, 0.15) is 32.1 Å².